The summed E-state index contributed by atoms with van der Waals surface area (Å²) in [6.07, 6.45) is 2.98. The van der Waals surface area contributed by atoms with Crippen molar-refractivity contribution in [1.29, 1.82) is 0 Å². The molecule has 0 fully saturated rings. The number of aromatic nitrogens is 2. The number of aryl methyl sites for hydroxylation is 1. The normalized spacial score (nSPS) is 11.5. The zero-order valence-corrected chi connectivity index (χ0v) is 15.5. The van der Waals surface area contributed by atoms with Crippen molar-refractivity contribution in [3.05, 3.63) is 41.5 Å². The second kappa shape index (κ2) is 9.01. The van der Waals surface area contributed by atoms with Gasteiger partial charge < -0.3 is 11.1 Å². The molecule has 5 nitrogen and oxygen atoms in total. The molecule has 0 saturated carbocycles. The van der Waals surface area contributed by atoms with Crippen LogP contribution in [0, 0.1) is 5.82 Å². The lowest BCUT2D eigenvalue weighted by molar-refractivity contribution is -0.117. The van der Waals surface area contributed by atoms with E-state index in [1.807, 2.05) is 12.1 Å². The number of anilines is 1. The van der Waals surface area contributed by atoms with E-state index in [1.54, 1.807) is 0 Å². The third kappa shape index (κ3) is 6.17. The van der Waals surface area contributed by atoms with E-state index in [-0.39, 0.29) is 23.6 Å². The maximum atomic E-state index is 13.1. The quantitative estimate of drug-likeness (QED) is 0.632. The Morgan fingerprint density at radius 3 is 2.68 bits per heavy atom. The fraction of sp³-hybridized carbons (Fsp3) is 0.500. The van der Waals surface area contributed by atoms with E-state index in [1.165, 1.54) is 23.7 Å². The molecule has 3 N–H and O–H groups in total. The van der Waals surface area contributed by atoms with Gasteiger partial charge in [-0.2, -0.15) is 4.37 Å². The number of carbonyl (C=O) groups excluding carboxylic acids is 1. The molecule has 0 aliphatic heterocycles. The number of Topliss-reactive ketones (excluding diaryl/α,β-unsaturated/α-hetero) is 1. The molecule has 0 atom stereocenters. The Morgan fingerprint density at radius 2 is 2.00 bits per heavy atom. The first kappa shape index (κ1) is 19.5. The average Bonchev–Trinajstić information content (AvgIpc) is 3.05. The highest BCUT2D eigenvalue weighted by Crippen LogP contribution is 2.24. The summed E-state index contributed by atoms with van der Waals surface area (Å²) in [5.41, 5.74) is 6.20. The van der Waals surface area contributed by atoms with E-state index in [0.717, 1.165) is 35.8 Å². The lowest BCUT2D eigenvalue weighted by Crippen LogP contribution is -2.27. The molecule has 7 heteroatoms. The van der Waals surface area contributed by atoms with Gasteiger partial charge >= 0.3 is 0 Å². The summed E-state index contributed by atoms with van der Waals surface area (Å²) in [5, 5.41) is 4.10. The lowest BCUT2D eigenvalue weighted by Gasteiger charge is -2.25. The van der Waals surface area contributed by atoms with Crippen molar-refractivity contribution in [2.45, 2.75) is 44.9 Å². The van der Waals surface area contributed by atoms with Crippen molar-refractivity contribution >= 4 is 22.4 Å². The summed E-state index contributed by atoms with van der Waals surface area (Å²) < 4.78 is 17.4. The van der Waals surface area contributed by atoms with E-state index < -0.39 is 0 Å². The minimum absolute atomic E-state index is 0.0941. The van der Waals surface area contributed by atoms with Gasteiger partial charge in [0.1, 0.15) is 17.4 Å². The van der Waals surface area contributed by atoms with Gasteiger partial charge in [-0.05, 0) is 30.5 Å². The monoisotopic (exact) mass is 364 g/mol. The van der Waals surface area contributed by atoms with Crippen molar-refractivity contribution in [3.63, 3.8) is 0 Å². The van der Waals surface area contributed by atoms with Crippen LogP contribution in [0.5, 0.6) is 0 Å². The van der Waals surface area contributed by atoms with E-state index >= 15 is 0 Å². The summed E-state index contributed by atoms with van der Waals surface area (Å²) in [6.45, 7) is 5.00. The molecule has 0 saturated heterocycles. The van der Waals surface area contributed by atoms with Gasteiger partial charge in [-0.15, -0.1) is 0 Å². The standard InChI is InChI=1S/C18H25FN4OS/c1-18(2,13-7-9-14(19)10-8-13)12-21-17-22-16(23-25-17)6-4-3-5-15(24)11-20/h7-10H,3-6,11-12,20H2,1-2H3,(H,21,22,23). The summed E-state index contributed by atoms with van der Waals surface area (Å²) >= 11 is 1.34. The van der Waals surface area contributed by atoms with Crippen LogP contribution in [0.15, 0.2) is 24.3 Å². The number of unbranched alkanes of at least 4 members (excludes halogenated alkanes) is 1. The molecule has 0 aliphatic carbocycles. The molecule has 0 amide bonds. The van der Waals surface area contributed by atoms with Crippen molar-refractivity contribution in [1.82, 2.24) is 9.36 Å². The molecule has 0 radical (unpaired) electrons. The van der Waals surface area contributed by atoms with Gasteiger partial charge in [-0.25, -0.2) is 9.37 Å². The summed E-state index contributed by atoms with van der Waals surface area (Å²) in [7, 11) is 0. The topological polar surface area (TPSA) is 80.9 Å². The van der Waals surface area contributed by atoms with Crippen LogP contribution < -0.4 is 11.1 Å². The number of carbonyl (C=O) groups is 1. The lowest BCUT2D eigenvalue weighted by atomic mass is 9.85. The molecule has 0 spiro atoms. The Balaban J connectivity index is 1.80. The summed E-state index contributed by atoms with van der Waals surface area (Å²) in [4.78, 5) is 15.6. The predicted octanol–water partition coefficient (Wildman–Crippen LogP) is 3.31. The third-order valence-electron chi connectivity index (χ3n) is 4.11. The molecule has 0 unspecified atom stereocenters. The first-order chi connectivity index (χ1) is 11.9. The Kier molecular flexibility index (Phi) is 7.01. The Bertz CT molecular complexity index is 685. The zero-order valence-electron chi connectivity index (χ0n) is 14.7. The molecular weight excluding hydrogens is 339 g/mol. The van der Waals surface area contributed by atoms with Crippen LogP contribution in [0.2, 0.25) is 0 Å². The average molecular weight is 364 g/mol. The molecule has 0 aliphatic rings. The first-order valence-corrected chi connectivity index (χ1v) is 9.22. The highest BCUT2D eigenvalue weighted by Gasteiger charge is 2.21. The van der Waals surface area contributed by atoms with Gasteiger partial charge in [-0.3, -0.25) is 4.79 Å². The van der Waals surface area contributed by atoms with Gasteiger partial charge in [0, 0.05) is 36.3 Å². The largest absolute Gasteiger partial charge is 0.359 e. The number of halogens is 1. The molecular formula is C18H25FN4OS. The zero-order chi connectivity index (χ0) is 18.3. The van der Waals surface area contributed by atoms with Crippen LogP contribution in [0.1, 0.15) is 44.5 Å². The van der Waals surface area contributed by atoms with E-state index in [4.69, 9.17) is 5.73 Å². The predicted molar refractivity (Wildman–Crippen MR) is 99.4 cm³/mol. The fourth-order valence-electron chi connectivity index (χ4n) is 2.43. The fourth-order valence-corrected chi connectivity index (χ4v) is 3.04. The number of hydrogen-bond acceptors (Lipinski definition) is 6. The number of nitrogens with one attached hydrogen (secondary N) is 1. The number of benzene rings is 1. The second-order valence-electron chi connectivity index (χ2n) is 6.71. The number of nitrogens with two attached hydrogens (primary N) is 1. The maximum absolute atomic E-state index is 13.1. The molecule has 1 aromatic carbocycles. The summed E-state index contributed by atoms with van der Waals surface area (Å²) in [5.74, 6) is 0.665. The van der Waals surface area contributed by atoms with Crippen molar-refractivity contribution < 1.29 is 9.18 Å². The number of ketones is 1. The molecule has 1 aromatic heterocycles. The highest BCUT2D eigenvalue weighted by molar-refractivity contribution is 7.09. The van der Waals surface area contributed by atoms with Crippen LogP contribution >= 0.6 is 11.5 Å². The first-order valence-electron chi connectivity index (χ1n) is 8.45. The third-order valence-corrected chi connectivity index (χ3v) is 4.82. The van der Waals surface area contributed by atoms with Crippen LogP contribution in [-0.2, 0) is 16.6 Å². The van der Waals surface area contributed by atoms with Crippen LogP contribution in [0.4, 0.5) is 9.52 Å². The molecule has 2 rings (SSSR count). The van der Waals surface area contributed by atoms with E-state index in [2.05, 4.69) is 28.5 Å². The number of hydrogen-bond donors (Lipinski definition) is 2. The van der Waals surface area contributed by atoms with Crippen LogP contribution in [0.25, 0.3) is 0 Å². The molecule has 136 valence electrons. The van der Waals surface area contributed by atoms with Crippen molar-refractivity contribution in [3.8, 4) is 0 Å². The summed E-state index contributed by atoms with van der Waals surface area (Å²) in [6, 6.07) is 6.58. The number of nitrogens with zero attached hydrogens (tertiary/aromatic N) is 2. The molecule has 0 bridgehead atoms. The van der Waals surface area contributed by atoms with Crippen molar-refractivity contribution in [2.24, 2.45) is 5.73 Å². The number of rotatable bonds is 10. The minimum atomic E-state index is -0.227. The van der Waals surface area contributed by atoms with Gasteiger partial charge in [0.2, 0.25) is 5.13 Å². The van der Waals surface area contributed by atoms with Gasteiger partial charge in [-0.1, -0.05) is 26.0 Å². The van der Waals surface area contributed by atoms with Crippen LogP contribution in [-0.4, -0.2) is 28.2 Å². The van der Waals surface area contributed by atoms with Gasteiger partial charge in [0.25, 0.3) is 0 Å². The van der Waals surface area contributed by atoms with Gasteiger partial charge in [0.15, 0.2) is 0 Å². The Labute approximate surface area is 152 Å². The Hall–Kier alpha value is -1.86. The van der Waals surface area contributed by atoms with Gasteiger partial charge in [0.05, 0.1) is 6.54 Å². The molecule has 2 aromatic rings. The minimum Gasteiger partial charge on any atom is -0.359 e. The smallest absolute Gasteiger partial charge is 0.202 e. The Morgan fingerprint density at radius 1 is 1.28 bits per heavy atom. The maximum Gasteiger partial charge on any atom is 0.202 e. The van der Waals surface area contributed by atoms with Crippen LogP contribution in [0.3, 0.4) is 0 Å². The van der Waals surface area contributed by atoms with E-state index in [9.17, 15) is 9.18 Å². The SMILES string of the molecule is CC(C)(CNc1nc(CCCCC(=O)CN)ns1)c1ccc(F)cc1. The molecule has 25 heavy (non-hydrogen) atoms. The van der Waals surface area contributed by atoms with Crippen molar-refractivity contribution in [2.75, 3.05) is 18.4 Å². The second-order valence-corrected chi connectivity index (χ2v) is 7.46. The highest BCUT2D eigenvalue weighted by atomic mass is 32.1. The van der Waals surface area contributed by atoms with E-state index in [0.29, 0.717) is 13.0 Å². The molecule has 1 heterocycles.